The first-order chi connectivity index (χ1) is 9.08. The molecule has 1 aliphatic carbocycles. The van der Waals surface area contributed by atoms with Crippen molar-refractivity contribution in [2.75, 3.05) is 13.1 Å². The zero-order valence-electron chi connectivity index (χ0n) is 10.4. The van der Waals surface area contributed by atoms with E-state index in [4.69, 9.17) is 23.2 Å². The first-order valence-electron chi connectivity index (χ1n) is 6.49. The summed E-state index contributed by atoms with van der Waals surface area (Å²) in [5.41, 5.74) is 0.375. The van der Waals surface area contributed by atoms with Gasteiger partial charge in [0, 0.05) is 19.0 Å². The molecule has 1 amide bonds. The molecule has 102 valence electrons. The van der Waals surface area contributed by atoms with E-state index in [0.29, 0.717) is 34.6 Å². The van der Waals surface area contributed by atoms with E-state index in [2.05, 4.69) is 0 Å². The van der Waals surface area contributed by atoms with Gasteiger partial charge in [0.15, 0.2) is 0 Å². The van der Waals surface area contributed by atoms with Gasteiger partial charge in [-0.25, -0.2) is 0 Å². The molecule has 0 radical (unpaired) electrons. The van der Waals surface area contributed by atoms with Gasteiger partial charge in [-0.3, -0.25) is 4.79 Å². The minimum Gasteiger partial charge on any atom is -0.393 e. The zero-order chi connectivity index (χ0) is 13.6. The van der Waals surface area contributed by atoms with Gasteiger partial charge in [0.25, 0.3) is 5.91 Å². The average molecular weight is 300 g/mol. The number of aliphatic hydroxyl groups is 1. The maximum Gasteiger partial charge on any atom is 0.256 e. The summed E-state index contributed by atoms with van der Waals surface area (Å²) < 4.78 is 0. The monoisotopic (exact) mass is 299 g/mol. The third kappa shape index (κ3) is 2.24. The van der Waals surface area contributed by atoms with Gasteiger partial charge in [-0.2, -0.15) is 0 Å². The van der Waals surface area contributed by atoms with E-state index in [1.807, 2.05) is 0 Å². The van der Waals surface area contributed by atoms with Crippen LogP contribution in [-0.2, 0) is 0 Å². The van der Waals surface area contributed by atoms with Crippen LogP contribution in [0.1, 0.15) is 23.2 Å². The van der Waals surface area contributed by atoms with Gasteiger partial charge >= 0.3 is 0 Å². The van der Waals surface area contributed by atoms with Gasteiger partial charge in [-0.05, 0) is 30.9 Å². The number of nitrogens with zero attached hydrogens (tertiary/aromatic N) is 1. The Bertz CT molecular complexity index is 500. The normalized spacial score (nSPS) is 29.6. The van der Waals surface area contributed by atoms with Gasteiger partial charge in [-0.1, -0.05) is 29.3 Å². The number of hydrogen-bond donors (Lipinski definition) is 1. The van der Waals surface area contributed by atoms with E-state index in [9.17, 15) is 9.90 Å². The number of hydrogen-bond acceptors (Lipinski definition) is 2. The lowest BCUT2D eigenvalue weighted by molar-refractivity contribution is 0.0752. The van der Waals surface area contributed by atoms with Crippen LogP contribution in [0.2, 0.25) is 10.0 Å². The molecule has 0 aromatic heterocycles. The molecule has 3 nitrogen and oxygen atoms in total. The highest BCUT2D eigenvalue weighted by molar-refractivity contribution is 6.39. The molecule has 1 heterocycles. The summed E-state index contributed by atoms with van der Waals surface area (Å²) in [6, 6.07) is 5.07. The first-order valence-corrected chi connectivity index (χ1v) is 7.25. The summed E-state index contributed by atoms with van der Waals surface area (Å²) in [4.78, 5) is 14.3. The quantitative estimate of drug-likeness (QED) is 0.866. The first kappa shape index (κ1) is 13.2. The fourth-order valence-corrected chi connectivity index (χ4v) is 3.82. The fourth-order valence-electron chi connectivity index (χ4n) is 3.26. The molecule has 1 saturated heterocycles. The van der Waals surface area contributed by atoms with Gasteiger partial charge in [0.2, 0.25) is 0 Å². The summed E-state index contributed by atoms with van der Waals surface area (Å²) in [5.74, 6) is 0.502. The maximum absolute atomic E-state index is 12.5. The third-order valence-electron chi connectivity index (χ3n) is 4.28. The van der Waals surface area contributed by atoms with Crippen LogP contribution in [0, 0.1) is 11.8 Å². The van der Waals surface area contributed by atoms with E-state index in [-0.39, 0.29) is 17.9 Å². The molecule has 1 saturated carbocycles. The number of aliphatic hydroxyl groups excluding tert-OH is 1. The van der Waals surface area contributed by atoms with E-state index in [0.717, 1.165) is 12.8 Å². The van der Waals surface area contributed by atoms with Crippen LogP contribution in [0.25, 0.3) is 0 Å². The number of rotatable bonds is 1. The van der Waals surface area contributed by atoms with Crippen molar-refractivity contribution in [1.29, 1.82) is 0 Å². The molecule has 3 rings (SSSR count). The Kier molecular flexibility index (Phi) is 3.46. The van der Waals surface area contributed by atoms with Crippen molar-refractivity contribution in [3.8, 4) is 0 Å². The van der Waals surface area contributed by atoms with Gasteiger partial charge in [0.05, 0.1) is 21.7 Å². The standard InChI is InChI=1S/C14H15Cl2NO2/c15-10-2-1-3-11(16)13(10)14(19)17-6-8-4-5-12(18)9(8)7-17/h1-3,8-9,12,18H,4-7H2. The van der Waals surface area contributed by atoms with Gasteiger partial charge in [-0.15, -0.1) is 0 Å². The Balaban J connectivity index is 1.83. The number of benzene rings is 1. The van der Waals surface area contributed by atoms with Gasteiger partial charge in [0.1, 0.15) is 0 Å². The second kappa shape index (κ2) is 4.97. The van der Waals surface area contributed by atoms with E-state index in [1.54, 1.807) is 23.1 Å². The van der Waals surface area contributed by atoms with Crippen LogP contribution in [-0.4, -0.2) is 35.1 Å². The van der Waals surface area contributed by atoms with Gasteiger partial charge < -0.3 is 10.0 Å². The Morgan fingerprint density at radius 1 is 1.21 bits per heavy atom. The lowest BCUT2D eigenvalue weighted by atomic mass is 10.00. The smallest absolute Gasteiger partial charge is 0.256 e. The summed E-state index contributed by atoms with van der Waals surface area (Å²) in [7, 11) is 0. The number of halogens is 2. The Labute approximate surface area is 122 Å². The highest BCUT2D eigenvalue weighted by atomic mass is 35.5. The number of carbonyl (C=O) groups is 1. The average Bonchev–Trinajstić information content (AvgIpc) is 2.92. The molecule has 2 aliphatic rings. The van der Waals surface area contributed by atoms with Crippen LogP contribution >= 0.6 is 23.2 Å². The predicted molar refractivity (Wildman–Crippen MR) is 74.6 cm³/mol. The molecule has 1 aromatic rings. The summed E-state index contributed by atoms with van der Waals surface area (Å²) in [5, 5.41) is 10.7. The molecular formula is C14H15Cl2NO2. The van der Waals surface area contributed by atoms with Crippen LogP contribution in [0.4, 0.5) is 0 Å². The summed E-state index contributed by atoms with van der Waals surface area (Å²) in [6.45, 7) is 1.30. The van der Waals surface area contributed by atoms with Crippen molar-refractivity contribution in [2.24, 2.45) is 11.8 Å². The van der Waals surface area contributed by atoms with Crippen molar-refractivity contribution < 1.29 is 9.90 Å². The molecule has 5 heteroatoms. The van der Waals surface area contributed by atoms with Crippen molar-refractivity contribution in [3.63, 3.8) is 0 Å². The Morgan fingerprint density at radius 3 is 2.53 bits per heavy atom. The largest absolute Gasteiger partial charge is 0.393 e. The fraction of sp³-hybridized carbons (Fsp3) is 0.500. The number of amides is 1. The van der Waals surface area contributed by atoms with Crippen LogP contribution < -0.4 is 0 Å². The minimum absolute atomic E-state index is 0.128. The van der Waals surface area contributed by atoms with E-state index >= 15 is 0 Å². The Hall–Kier alpha value is -0.770. The van der Waals surface area contributed by atoms with Crippen molar-refractivity contribution >= 4 is 29.1 Å². The lowest BCUT2D eigenvalue weighted by Gasteiger charge is -2.19. The molecular weight excluding hydrogens is 285 g/mol. The van der Waals surface area contributed by atoms with Crippen LogP contribution in [0.15, 0.2) is 18.2 Å². The topological polar surface area (TPSA) is 40.5 Å². The molecule has 1 aliphatic heterocycles. The molecule has 3 atom stereocenters. The number of carbonyl (C=O) groups excluding carboxylic acids is 1. The molecule has 1 N–H and O–H groups in total. The van der Waals surface area contributed by atoms with Crippen LogP contribution in [0.3, 0.4) is 0 Å². The zero-order valence-corrected chi connectivity index (χ0v) is 11.9. The molecule has 1 aromatic carbocycles. The highest BCUT2D eigenvalue weighted by Gasteiger charge is 2.43. The SMILES string of the molecule is O=C(c1c(Cl)cccc1Cl)N1CC2CCC(O)C2C1. The van der Waals surface area contributed by atoms with Crippen molar-refractivity contribution in [1.82, 2.24) is 4.90 Å². The van der Waals surface area contributed by atoms with Crippen LogP contribution in [0.5, 0.6) is 0 Å². The number of fused-ring (bicyclic) bond motifs is 1. The lowest BCUT2D eigenvalue weighted by Crippen LogP contribution is -2.31. The number of likely N-dealkylation sites (tertiary alicyclic amines) is 1. The van der Waals surface area contributed by atoms with E-state index in [1.165, 1.54) is 0 Å². The minimum atomic E-state index is -0.274. The Morgan fingerprint density at radius 2 is 1.89 bits per heavy atom. The van der Waals surface area contributed by atoms with Crippen molar-refractivity contribution in [3.05, 3.63) is 33.8 Å². The molecule has 0 spiro atoms. The maximum atomic E-state index is 12.5. The van der Waals surface area contributed by atoms with E-state index < -0.39 is 0 Å². The summed E-state index contributed by atoms with van der Waals surface area (Å²) in [6.07, 6.45) is 1.57. The summed E-state index contributed by atoms with van der Waals surface area (Å²) >= 11 is 12.1. The second-order valence-corrected chi connectivity index (χ2v) is 6.19. The molecule has 3 unspecified atom stereocenters. The second-order valence-electron chi connectivity index (χ2n) is 5.38. The van der Waals surface area contributed by atoms with Crippen molar-refractivity contribution in [2.45, 2.75) is 18.9 Å². The molecule has 2 fully saturated rings. The highest BCUT2D eigenvalue weighted by Crippen LogP contribution is 2.39. The molecule has 19 heavy (non-hydrogen) atoms. The third-order valence-corrected chi connectivity index (χ3v) is 4.91. The predicted octanol–water partition coefficient (Wildman–Crippen LogP) is 2.84. The molecule has 0 bridgehead atoms.